The molecule has 2 aromatic carbocycles. The maximum Gasteiger partial charge on any atom is 0.165 e. The summed E-state index contributed by atoms with van der Waals surface area (Å²) in [6.45, 7) is 4.10. The zero-order valence-corrected chi connectivity index (χ0v) is 12.9. The lowest BCUT2D eigenvalue weighted by Gasteiger charge is -2.11. The molecule has 0 fully saturated rings. The van der Waals surface area contributed by atoms with Gasteiger partial charge in [-0.2, -0.15) is 0 Å². The molecule has 0 aliphatic rings. The Bertz CT molecular complexity index is 653. The number of carbonyl (C=O) groups is 1. The average molecular weight is 304 g/mol. The second-order valence-corrected chi connectivity index (χ2v) is 5.63. The highest BCUT2D eigenvalue weighted by Crippen LogP contribution is 2.25. The lowest BCUT2D eigenvalue weighted by Crippen LogP contribution is -2.08. The number of anilines is 1. The Labute approximate surface area is 129 Å². The first-order chi connectivity index (χ1) is 9.97. The Balaban J connectivity index is 2.09. The molecule has 0 amide bonds. The number of benzene rings is 2. The van der Waals surface area contributed by atoms with E-state index in [9.17, 15) is 4.79 Å². The Hall–Kier alpha value is -2.00. The topological polar surface area (TPSA) is 52.3 Å². The molecule has 2 rings (SSSR count). The zero-order valence-electron chi connectivity index (χ0n) is 12.1. The van der Waals surface area contributed by atoms with Crippen LogP contribution in [0.25, 0.3) is 0 Å². The van der Waals surface area contributed by atoms with Gasteiger partial charge < -0.3 is 10.5 Å². The number of hydrogen-bond donors (Lipinski definition) is 1. The molecule has 0 aliphatic heterocycles. The predicted molar refractivity (Wildman–Crippen MR) is 85.8 cm³/mol. The molecule has 4 heteroatoms. The number of hydrogen-bond acceptors (Lipinski definition) is 3. The molecular weight excluding hydrogens is 286 g/mol. The van der Waals surface area contributed by atoms with Crippen molar-refractivity contribution in [3.05, 3.63) is 58.6 Å². The average Bonchev–Trinajstić information content (AvgIpc) is 2.45. The first-order valence-corrected chi connectivity index (χ1v) is 7.16. The summed E-state index contributed by atoms with van der Waals surface area (Å²) < 4.78 is 5.68. The molecule has 2 aromatic rings. The van der Waals surface area contributed by atoms with Crippen molar-refractivity contribution in [2.24, 2.45) is 5.92 Å². The van der Waals surface area contributed by atoms with Crippen LogP contribution in [0.5, 0.6) is 5.75 Å². The molecule has 0 spiro atoms. The first-order valence-electron chi connectivity index (χ1n) is 6.78. The zero-order chi connectivity index (χ0) is 15.4. The molecular formula is C17H18ClNO2. The van der Waals surface area contributed by atoms with Crippen LogP contribution in [0.1, 0.15) is 29.8 Å². The molecule has 0 unspecified atom stereocenters. The van der Waals surface area contributed by atoms with E-state index in [1.807, 2.05) is 38.1 Å². The molecule has 0 atom stereocenters. The molecule has 0 saturated carbocycles. The number of Topliss-reactive ketones (excluding diaryl/α,β-unsaturated/α-hetero) is 1. The van der Waals surface area contributed by atoms with E-state index in [0.29, 0.717) is 28.6 Å². The quantitative estimate of drug-likeness (QED) is 0.660. The number of nitrogen functional groups attached to an aromatic ring is 1. The standard InChI is InChI=1S/C17H18ClNO2/c1-11(2)17(20)13-6-7-16(15(19)9-13)21-10-12-4-3-5-14(18)8-12/h3-9,11H,10,19H2,1-2H3. The van der Waals surface area contributed by atoms with Crippen LogP contribution in [0.2, 0.25) is 5.02 Å². The van der Waals surface area contributed by atoms with Gasteiger partial charge in [-0.05, 0) is 35.9 Å². The van der Waals surface area contributed by atoms with E-state index in [1.165, 1.54) is 0 Å². The third-order valence-corrected chi connectivity index (χ3v) is 3.34. The van der Waals surface area contributed by atoms with E-state index in [1.54, 1.807) is 18.2 Å². The highest BCUT2D eigenvalue weighted by Gasteiger charge is 2.12. The maximum absolute atomic E-state index is 11.9. The summed E-state index contributed by atoms with van der Waals surface area (Å²) in [5, 5.41) is 0.668. The van der Waals surface area contributed by atoms with Crippen molar-refractivity contribution in [1.82, 2.24) is 0 Å². The highest BCUT2D eigenvalue weighted by atomic mass is 35.5. The van der Waals surface area contributed by atoms with Crippen LogP contribution >= 0.6 is 11.6 Å². The summed E-state index contributed by atoms with van der Waals surface area (Å²) in [6.07, 6.45) is 0. The van der Waals surface area contributed by atoms with Gasteiger partial charge in [-0.25, -0.2) is 0 Å². The first kappa shape index (κ1) is 15.4. The van der Waals surface area contributed by atoms with Crippen LogP contribution in [-0.4, -0.2) is 5.78 Å². The lowest BCUT2D eigenvalue weighted by atomic mass is 10.0. The summed E-state index contributed by atoms with van der Waals surface area (Å²) >= 11 is 5.93. The third-order valence-electron chi connectivity index (χ3n) is 3.10. The normalized spacial score (nSPS) is 10.7. The predicted octanol–water partition coefficient (Wildman–Crippen LogP) is 4.34. The van der Waals surface area contributed by atoms with Crippen molar-refractivity contribution < 1.29 is 9.53 Å². The van der Waals surface area contributed by atoms with E-state index in [-0.39, 0.29) is 11.7 Å². The molecule has 0 aromatic heterocycles. The Kier molecular flexibility index (Phi) is 4.86. The summed E-state index contributed by atoms with van der Waals surface area (Å²) in [4.78, 5) is 11.9. The highest BCUT2D eigenvalue weighted by molar-refractivity contribution is 6.30. The van der Waals surface area contributed by atoms with Crippen molar-refractivity contribution in [3.63, 3.8) is 0 Å². The van der Waals surface area contributed by atoms with Gasteiger partial charge in [0.2, 0.25) is 0 Å². The smallest absolute Gasteiger partial charge is 0.165 e. The molecule has 3 nitrogen and oxygen atoms in total. The number of ether oxygens (including phenoxy) is 1. The second kappa shape index (κ2) is 6.64. The number of halogens is 1. The van der Waals surface area contributed by atoms with Crippen molar-refractivity contribution in [1.29, 1.82) is 0 Å². The van der Waals surface area contributed by atoms with Gasteiger partial charge in [0.05, 0.1) is 5.69 Å². The lowest BCUT2D eigenvalue weighted by molar-refractivity contribution is 0.0939. The second-order valence-electron chi connectivity index (χ2n) is 5.19. The summed E-state index contributed by atoms with van der Waals surface area (Å²) in [5.41, 5.74) is 7.98. The molecule has 2 N–H and O–H groups in total. The van der Waals surface area contributed by atoms with E-state index in [2.05, 4.69) is 0 Å². The van der Waals surface area contributed by atoms with Crippen molar-refractivity contribution in [2.45, 2.75) is 20.5 Å². The summed E-state index contributed by atoms with van der Waals surface area (Å²) in [7, 11) is 0. The number of ketones is 1. The minimum absolute atomic E-state index is 0.0531. The van der Waals surface area contributed by atoms with Gasteiger partial charge in [0.25, 0.3) is 0 Å². The molecule has 0 radical (unpaired) electrons. The third kappa shape index (κ3) is 3.99. The van der Waals surface area contributed by atoms with Gasteiger partial charge in [0.15, 0.2) is 5.78 Å². The van der Waals surface area contributed by atoms with Crippen LogP contribution in [0.15, 0.2) is 42.5 Å². The van der Waals surface area contributed by atoms with Crippen molar-refractivity contribution in [2.75, 3.05) is 5.73 Å². The Morgan fingerprint density at radius 2 is 2.00 bits per heavy atom. The number of rotatable bonds is 5. The van der Waals surface area contributed by atoms with Crippen LogP contribution in [0.3, 0.4) is 0 Å². The van der Waals surface area contributed by atoms with Crippen molar-refractivity contribution in [3.8, 4) is 5.75 Å². The van der Waals surface area contributed by atoms with Crippen molar-refractivity contribution >= 4 is 23.1 Å². The van der Waals surface area contributed by atoms with Gasteiger partial charge in [-0.1, -0.05) is 37.6 Å². The van der Waals surface area contributed by atoms with Crippen LogP contribution < -0.4 is 10.5 Å². The molecule has 21 heavy (non-hydrogen) atoms. The monoisotopic (exact) mass is 303 g/mol. The van der Waals surface area contributed by atoms with Crippen LogP contribution in [-0.2, 0) is 6.61 Å². The largest absolute Gasteiger partial charge is 0.487 e. The molecule has 110 valence electrons. The van der Waals surface area contributed by atoms with Gasteiger partial charge in [0.1, 0.15) is 12.4 Å². The van der Waals surface area contributed by atoms with Crippen LogP contribution in [0.4, 0.5) is 5.69 Å². The molecule has 0 aliphatic carbocycles. The fourth-order valence-electron chi connectivity index (χ4n) is 1.95. The molecule has 0 heterocycles. The Morgan fingerprint density at radius 3 is 2.62 bits per heavy atom. The summed E-state index contributed by atoms with van der Waals surface area (Å²) in [6, 6.07) is 12.6. The fourth-order valence-corrected chi connectivity index (χ4v) is 2.17. The fraction of sp³-hybridized carbons (Fsp3) is 0.235. The number of carbonyl (C=O) groups excluding carboxylic acids is 1. The molecule has 0 bridgehead atoms. The van der Waals surface area contributed by atoms with Gasteiger partial charge in [-0.3, -0.25) is 4.79 Å². The van der Waals surface area contributed by atoms with E-state index in [4.69, 9.17) is 22.1 Å². The minimum atomic E-state index is -0.0531. The van der Waals surface area contributed by atoms with Gasteiger partial charge >= 0.3 is 0 Å². The van der Waals surface area contributed by atoms with E-state index < -0.39 is 0 Å². The SMILES string of the molecule is CC(C)C(=O)c1ccc(OCc2cccc(Cl)c2)c(N)c1. The Morgan fingerprint density at radius 1 is 1.24 bits per heavy atom. The maximum atomic E-state index is 11.9. The van der Waals surface area contributed by atoms with Gasteiger partial charge in [-0.15, -0.1) is 0 Å². The van der Waals surface area contributed by atoms with E-state index >= 15 is 0 Å². The van der Waals surface area contributed by atoms with Gasteiger partial charge in [0, 0.05) is 16.5 Å². The van der Waals surface area contributed by atoms with E-state index in [0.717, 1.165) is 5.56 Å². The minimum Gasteiger partial charge on any atom is -0.487 e. The number of nitrogens with two attached hydrogens (primary N) is 1. The van der Waals surface area contributed by atoms with Crippen LogP contribution in [0, 0.1) is 5.92 Å². The molecule has 0 saturated heterocycles. The summed E-state index contributed by atoms with van der Waals surface area (Å²) in [5.74, 6) is 0.584.